The number of thioether (sulfide) groups is 1. The highest BCUT2D eigenvalue weighted by atomic mass is 32.2. The predicted octanol–water partition coefficient (Wildman–Crippen LogP) is 4.57. The third-order valence-electron chi connectivity index (χ3n) is 4.87. The highest BCUT2D eigenvalue weighted by molar-refractivity contribution is 8.02. The van der Waals surface area contributed by atoms with Gasteiger partial charge in [-0.25, -0.2) is 0 Å². The summed E-state index contributed by atoms with van der Waals surface area (Å²) in [6.07, 6.45) is -0.750. The van der Waals surface area contributed by atoms with Crippen LogP contribution in [-0.4, -0.2) is 32.7 Å². The first-order valence-electron chi connectivity index (χ1n) is 9.53. The molecule has 0 aliphatic rings. The monoisotopic (exact) mass is 418 g/mol. The van der Waals surface area contributed by atoms with Gasteiger partial charge in [0.15, 0.2) is 0 Å². The van der Waals surface area contributed by atoms with Gasteiger partial charge in [-0.1, -0.05) is 54.7 Å². The smallest absolute Gasteiger partial charge is 0.251 e. The van der Waals surface area contributed by atoms with Crippen LogP contribution in [0.4, 0.5) is 0 Å². The second-order valence-electron chi connectivity index (χ2n) is 6.93. The van der Waals surface area contributed by atoms with Crippen LogP contribution in [0.15, 0.2) is 71.5 Å². The zero-order chi connectivity index (χ0) is 21.1. The number of aliphatic hydroxyl groups excluding tert-OH is 1. The van der Waals surface area contributed by atoms with Crippen molar-refractivity contribution < 1.29 is 9.90 Å². The van der Waals surface area contributed by atoms with Gasteiger partial charge in [-0.3, -0.25) is 9.89 Å². The summed E-state index contributed by atoms with van der Waals surface area (Å²) in [4.78, 5) is 16.9. The molecule has 30 heavy (non-hydrogen) atoms. The first-order chi connectivity index (χ1) is 14.6. The first-order valence-corrected chi connectivity index (χ1v) is 10.4. The molecular weight excluding hydrogens is 396 g/mol. The van der Waals surface area contributed by atoms with Crippen LogP contribution in [-0.2, 0) is 0 Å². The number of fused-ring (bicyclic) bond motifs is 1. The van der Waals surface area contributed by atoms with E-state index in [-0.39, 0.29) is 12.5 Å². The van der Waals surface area contributed by atoms with Crippen molar-refractivity contribution in [1.29, 1.82) is 0 Å². The first kappa shape index (κ1) is 20.0. The SMILES string of the molecule is C=CSc1c(-c2cc3ccc(C(=O)NCC(O)c4ccccc4)cc3[nH]2)n[nH]c1C. The minimum absolute atomic E-state index is 0.144. The van der Waals surface area contributed by atoms with Gasteiger partial charge < -0.3 is 15.4 Å². The van der Waals surface area contributed by atoms with Crippen LogP contribution in [0.3, 0.4) is 0 Å². The zero-order valence-electron chi connectivity index (χ0n) is 16.5. The number of aromatic nitrogens is 3. The Morgan fingerprint density at radius 3 is 2.83 bits per heavy atom. The number of aromatic amines is 2. The standard InChI is InChI=1S/C23H22N4O2S/c1-3-30-22-14(2)26-27-21(22)19-11-16-9-10-17(12-18(16)25-19)23(29)24-13-20(28)15-7-5-4-6-8-15/h3-12,20,25,28H,1,13H2,2H3,(H,24,29)(H,26,27). The van der Waals surface area contributed by atoms with E-state index in [4.69, 9.17) is 0 Å². The van der Waals surface area contributed by atoms with Crippen LogP contribution in [0.25, 0.3) is 22.3 Å². The van der Waals surface area contributed by atoms with Crippen molar-refractivity contribution in [2.24, 2.45) is 0 Å². The number of carbonyl (C=O) groups excluding carboxylic acids is 1. The molecule has 0 aliphatic carbocycles. The lowest BCUT2D eigenvalue weighted by Crippen LogP contribution is -2.28. The molecule has 4 N–H and O–H groups in total. The molecule has 152 valence electrons. The summed E-state index contributed by atoms with van der Waals surface area (Å²) in [6.45, 7) is 5.90. The number of hydrogen-bond acceptors (Lipinski definition) is 4. The van der Waals surface area contributed by atoms with E-state index in [1.165, 1.54) is 11.8 Å². The van der Waals surface area contributed by atoms with Gasteiger partial charge >= 0.3 is 0 Å². The predicted molar refractivity (Wildman–Crippen MR) is 120 cm³/mol. The number of amides is 1. The second-order valence-corrected chi connectivity index (χ2v) is 7.91. The molecule has 2 aromatic carbocycles. The highest BCUT2D eigenvalue weighted by Gasteiger charge is 2.16. The molecule has 0 saturated carbocycles. The van der Waals surface area contributed by atoms with Gasteiger partial charge in [0.1, 0.15) is 5.69 Å². The Morgan fingerprint density at radius 2 is 2.07 bits per heavy atom. The molecule has 7 heteroatoms. The van der Waals surface area contributed by atoms with Crippen molar-refractivity contribution in [3.8, 4) is 11.4 Å². The van der Waals surface area contributed by atoms with Gasteiger partial charge in [-0.15, -0.1) is 0 Å². The van der Waals surface area contributed by atoms with Gasteiger partial charge in [0, 0.05) is 28.7 Å². The van der Waals surface area contributed by atoms with E-state index in [1.807, 2.05) is 55.5 Å². The lowest BCUT2D eigenvalue weighted by molar-refractivity contribution is 0.0916. The average Bonchev–Trinajstić information content (AvgIpc) is 3.35. The number of benzene rings is 2. The largest absolute Gasteiger partial charge is 0.387 e. The summed E-state index contributed by atoms with van der Waals surface area (Å²) >= 11 is 1.52. The number of aryl methyl sites for hydroxylation is 1. The van der Waals surface area contributed by atoms with E-state index in [1.54, 1.807) is 11.5 Å². The molecule has 0 fully saturated rings. The van der Waals surface area contributed by atoms with E-state index in [9.17, 15) is 9.90 Å². The highest BCUT2D eigenvalue weighted by Crippen LogP contribution is 2.33. The number of carbonyl (C=O) groups is 1. The minimum atomic E-state index is -0.750. The normalized spacial score (nSPS) is 12.1. The summed E-state index contributed by atoms with van der Waals surface area (Å²) in [5.41, 5.74) is 4.81. The van der Waals surface area contributed by atoms with E-state index < -0.39 is 6.10 Å². The van der Waals surface area contributed by atoms with Crippen molar-refractivity contribution in [2.75, 3.05) is 6.54 Å². The van der Waals surface area contributed by atoms with Crippen molar-refractivity contribution >= 4 is 28.6 Å². The fourth-order valence-corrected chi connectivity index (χ4v) is 3.97. The maximum Gasteiger partial charge on any atom is 0.251 e. The maximum atomic E-state index is 12.6. The fraction of sp³-hybridized carbons (Fsp3) is 0.130. The third-order valence-corrected chi connectivity index (χ3v) is 5.77. The number of nitrogens with one attached hydrogen (secondary N) is 3. The number of H-pyrrole nitrogens is 2. The summed E-state index contributed by atoms with van der Waals surface area (Å²) in [5, 5.41) is 23.2. The van der Waals surface area contributed by atoms with E-state index in [0.29, 0.717) is 5.56 Å². The molecule has 1 unspecified atom stereocenters. The van der Waals surface area contributed by atoms with Gasteiger partial charge in [0.2, 0.25) is 0 Å². The van der Waals surface area contributed by atoms with Gasteiger partial charge in [-0.05, 0) is 36.1 Å². The van der Waals surface area contributed by atoms with E-state index >= 15 is 0 Å². The van der Waals surface area contributed by atoms with Crippen molar-refractivity contribution in [3.63, 3.8) is 0 Å². The molecule has 1 atom stereocenters. The molecule has 0 spiro atoms. The number of hydrogen-bond donors (Lipinski definition) is 4. The average molecular weight is 419 g/mol. The summed E-state index contributed by atoms with van der Waals surface area (Å²) in [5.74, 6) is -0.235. The molecule has 0 saturated heterocycles. The molecule has 2 heterocycles. The van der Waals surface area contributed by atoms with Crippen LogP contribution in [0, 0.1) is 6.92 Å². The Hall–Kier alpha value is -3.29. The van der Waals surface area contributed by atoms with Gasteiger partial charge in [-0.2, -0.15) is 5.10 Å². The number of rotatable bonds is 7. The Bertz CT molecular complexity index is 1200. The summed E-state index contributed by atoms with van der Waals surface area (Å²) < 4.78 is 0. The minimum Gasteiger partial charge on any atom is -0.387 e. The Labute approximate surface area is 178 Å². The van der Waals surface area contributed by atoms with Crippen LogP contribution >= 0.6 is 11.8 Å². The van der Waals surface area contributed by atoms with Gasteiger partial charge in [0.25, 0.3) is 5.91 Å². The molecular formula is C23H22N4O2S. The zero-order valence-corrected chi connectivity index (χ0v) is 17.3. The molecule has 6 nitrogen and oxygen atoms in total. The lowest BCUT2D eigenvalue weighted by Gasteiger charge is -2.12. The molecule has 0 bridgehead atoms. The van der Waals surface area contributed by atoms with Crippen molar-refractivity contribution in [2.45, 2.75) is 17.9 Å². The van der Waals surface area contributed by atoms with Crippen LogP contribution < -0.4 is 5.32 Å². The van der Waals surface area contributed by atoms with Crippen molar-refractivity contribution in [3.05, 3.63) is 83.4 Å². The van der Waals surface area contributed by atoms with Crippen LogP contribution in [0.1, 0.15) is 27.7 Å². The molecule has 0 aliphatic heterocycles. The molecule has 2 aromatic heterocycles. The fourth-order valence-electron chi connectivity index (χ4n) is 3.31. The van der Waals surface area contributed by atoms with Crippen LogP contribution in [0.2, 0.25) is 0 Å². The molecule has 4 aromatic rings. The lowest BCUT2D eigenvalue weighted by atomic mass is 10.1. The number of aliphatic hydroxyl groups is 1. The maximum absolute atomic E-state index is 12.6. The Morgan fingerprint density at radius 1 is 1.27 bits per heavy atom. The van der Waals surface area contributed by atoms with Crippen LogP contribution in [0.5, 0.6) is 0 Å². The quantitative estimate of drug-likeness (QED) is 0.331. The summed E-state index contributed by atoms with van der Waals surface area (Å²) in [7, 11) is 0. The Balaban J connectivity index is 1.52. The topological polar surface area (TPSA) is 93.8 Å². The Kier molecular flexibility index (Phi) is 5.74. The van der Waals surface area contributed by atoms with Gasteiger partial charge in [0.05, 0.1) is 16.7 Å². The molecule has 0 radical (unpaired) electrons. The molecule has 1 amide bonds. The molecule has 4 rings (SSSR count). The third kappa shape index (κ3) is 4.03. The second kappa shape index (κ2) is 8.61. The van der Waals surface area contributed by atoms with E-state index in [0.717, 1.165) is 38.4 Å². The van der Waals surface area contributed by atoms with E-state index in [2.05, 4.69) is 27.1 Å². The summed E-state index contributed by atoms with van der Waals surface area (Å²) in [6, 6.07) is 16.8. The number of nitrogens with zero attached hydrogens (tertiary/aromatic N) is 1. The van der Waals surface area contributed by atoms with Crippen molar-refractivity contribution in [1.82, 2.24) is 20.5 Å².